The van der Waals surface area contributed by atoms with Gasteiger partial charge in [-0.3, -0.25) is 9.79 Å². The van der Waals surface area contributed by atoms with E-state index in [0.717, 1.165) is 49.5 Å². The number of benzene rings is 1. The maximum absolute atomic E-state index is 13.6. The summed E-state index contributed by atoms with van der Waals surface area (Å²) in [5, 5.41) is 6.95. The molecule has 0 aliphatic carbocycles. The normalized spacial score (nSPS) is 14.3. The molecule has 8 nitrogen and oxygen atoms in total. The van der Waals surface area contributed by atoms with Crippen LogP contribution in [-0.2, 0) is 6.42 Å². The molecule has 1 aromatic heterocycles. The van der Waals surface area contributed by atoms with Gasteiger partial charge in [0, 0.05) is 64.3 Å². The predicted octanol–water partition coefficient (Wildman–Crippen LogP) is 1.98. The van der Waals surface area contributed by atoms with Gasteiger partial charge in [-0.2, -0.15) is 4.37 Å². The highest BCUT2D eigenvalue weighted by Gasteiger charge is 2.22. The number of rotatable bonds is 6. The van der Waals surface area contributed by atoms with Gasteiger partial charge in [0.1, 0.15) is 11.6 Å². The highest BCUT2D eigenvalue weighted by molar-refractivity contribution is 14.0. The van der Waals surface area contributed by atoms with Crippen molar-refractivity contribution in [2.45, 2.75) is 13.3 Å². The highest BCUT2D eigenvalue weighted by atomic mass is 127. The number of halogens is 2. The number of hydrogen-bond donors (Lipinski definition) is 2. The van der Waals surface area contributed by atoms with Crippen LogP contribution in [0.15, 0.2) is 29.3 Å². The Bertz CT molecular complexity index is 855. The third-order valence-corrected chi connectivity index (χ3v) is 5.46. The summed E-state index contributed by atoms with van der Waals surface area (Å²) in [6.07, 6.45) is 0.848. The van der Waals surface area contributed by atoms with Gasteiger partial charge >= 0.3 is 0 Å². The molecule has 0 spiro atoms. The van der Waals surface area contributed by atoms with E-state index in [9.17, 15) is 9.18 Å². The maximum Gasteiger partial charge on any atom is 0.254 e. The van der Waals surface area contributed by atoms with Crippen LogP contribution in [0.5, 0.6) is 0 Å². The first-order valence-corrected chi connectivity index (χ1v) is 10.5. The fraction of sp³-hybridized carbons (Fsp3) is 0.474. The van der Waals surface area contributed by atoms with Crippen LogP contribution in [0.2, 0.25) is 0 Å². The lowest BCUT2D eigenvalue weighted by atomic mass is 10.2. The lowest BCUT2D eigenvalue weighted by Crippen LogP contribution is -2.53. The number of carbonyl (C=O) groups is 1. The van der Waals surface area contributed by atoms with Crippen molar-refractivity contribution in [3.8, 4) is 0 Å². The van der Waals surface area contributed by atoms with Crippen LogP contribution in [0, 0.1) is 5.82 Å². The van der Waals surface area contributed by atoms with Gasteiger partial charge in [0.25, 0.3) is 5.91 Å². The Morgan fingerprint density at radius 1 is 1.20 bits per heavy atom. The molecule has 11 heteroatoms. The van der Waals surface area contributed by atoms with Crippen molar-refractivity contribution < 1.29 is 9.18 Å². The van der Waals surface area contributed by atoms with Gasteiger partial charge in [-0.15, -0.1) is 24.0 Å². The summed E-state index contributed by atoms with van der Waals surface area (Å²) in [4.78, 5) is 25.3. The minimum atomic E-state index is -0.520. The number of amides is 1. The number of piperazine rings is 1. The Morgan fingerprint density at radius 3 is 2.53 bits per heavy atom. The van der Waals surface area contributed by atoms with E-state index in [1.54, 1.807) is 19.2 Å². The van der Waals surface area contributed by atoms with E-state index in [1.807, 2.05) is 0 Å². The summed E-state index contributed by atoms with van der Waals surface area (Å²) in [6.45, 7) is 6.27. The summed E-state index contributed by atoms with van der Waals surface area (Å²) in [5.41, 5.74) is 0.0518. The Labute approximate surface area is 197 Å². The van der Waals surface area contributed by atoms with Crippen molar-refractivity contribution >= 4 is 52.5 Å². The van der Waals surface area contributed by atoms with Crippen LogP contribution in [-0.4, -0.2) is 72.4 Å². The second-order valence-corrected chi connectivity index (χ2v) is 7.26. The van der Waals surface area contributed by atoms with E-state index in [1.165, 1.54) is 23.7 Å². The molecule has 1 saturated heterocycles. The van der Waals surface area contributed by atoms with Crippen LogP contribution in [0.1, 0.15) is 23.1 Å². The Hall–Kier alpha value is -2.02. The van der Waals surface area contributed by atoms with Crippen LogP contribution >= 0.6 is 35.5 Å². The van der Waals surface area contributed by atoms with Crippen LogP contribution in [0.25, 0.3) is 0 Å². The molecule has 2 N–H and O–H groups in total. The van der Waals surface area contributed by atoms with Gasteiger partial charge in [0.05, 0.1) is 5.56 Å². The number of guanidine groups is 1. The molecular formula is C19H27FIN7OS. The summed E-state index contributed by atoms with van der Waals surface area (Å²) in [7, 11) is 1.74. The van der Waals surface area contributed by atoms with E-state index in [2.05, 4.69) is 41.7 Å². The van der Waals surface area contributed by atoms with Crippen LogP contribution in [0.4, 0.5) is 9.52 Å². The molecule has 1 aromatic carbocycles. The second kappa shape index (κ2) is 12.0. The molecule has 164 valence electrons. The largest absolute Gasteiger partial charge is 0.354 e. The zero-order valence-electron chi connectivity index (χ0n) is 17.1. The maximum atomic E-state index is 13.6. The molecule has 3 rings (SSSR count). The summed E-state index contributed by atoms with van der Waals surface area (Å²) in [6, 6.07) is 5.95. The third kappa shape index (κ3) is 6.24. The van der Waals surface area contributed by atoms with Gasteiger partial charge in [-0.1, -0.05) is 19.1 Å². The number of aryl methyl sites for hydroxylation is 1. The molecule has 1 amide bonds. The van der Waals surface area contributed by atoms with Gasteiger partial charge in [0.15, 0.2) is 5.96 Å². The van der Waals surface area contributed by atoms with E-state index < -0.39 is 11.7 Å². The molecule has 0 unspecified atom stereocenters. The molecular weight excluding hydrogens is 520 g/mol. The molecule has 1 aliphatic heterocycles. The van der Waals surface area contributed by atoms with Crippen molar-refractivity contribution in [2.24, 2.45) is 4.99 Å². The van der Waals surface area contributed by atoms with Gasteiger partial charge < -0.3 is 20.4 Å². The summed E-state index contributed by atoms with van der Waals surface area (Å²) in [5.74, 6) is 0.740. The van der Waals surface area contributed by atoms with Crippen molar-refractivity contribution in [3.05, 3.63) is 41.5 Å². The smallest absolute Gasteiger partial charge is 0.254 e. The molecule has 0 saturated carbocycles. The first-order chi connectivity index (χ1) is 14.1. The van der Waals surface area contributed by atoms with E-state index in [4.69, 9.17) is 0 Å². The molecule has 1 fully saturated rings. The van der Waals surface area contributed by atoms with Crippen molar-refractivity contribution in [1.82, 2.24) is 24.9 Å². The molecule has 0 bridgehead atoms. The number of carbonyl (C=O) groups excluding carboxylic acids is 1. The fourth-order valence-electron chi connectivity index (χ4n) is 3.05. The quantitative estimate of drug-likeness (QED) is 0.249. The van der Waals surface area contributed by atoms with E-state index in [-0.39, 0.29) is 29.5 Å². The number of nitrogens with one attached hydrogen (secondary N) is 2. The first-order valence-electron chi connectivity index (χ1n) is 9.68. The molecule has 0 atom stereocenters. The fourth-order valence-corrected chi connectivity index (χ4v) is 3.85. The van der Waals surface area contributed by atoms with Crippen molar-refractivity contribution in [2.75, 3.05) is 51.2 Å². The minimum absolute atomic E-state index is 0. The lowest BCUT2D eigenvalue weighted by Gasteiger charge is -2.36. The molecule has 2 aromatic rings. The minimum Gasteiger partial charge on any atom is -0.354 e. The average Bonchev–Trinajstić information content (AvgIpc) is 3.23. The van der Waals surface area contributed by atoms with E-state index >= 15 is 0 Å². The van der Waals surface area contributed by atoms with Crippen molar-refractivity contribution in [1.29, 1.82) is 0 Å². The Kier molecular flexibility index (Phi) is 9.69. The number of hydrogen-bond acceptors (Lipinski definition) is 6. The monoisotopic (exact) mass is 547 g/mol. The average molecular weight is 547 g/mol. The zero-order valence-corrected chi connectivity index (χ0v) is 20.2. The predicted molar refractivity (Wildman–Crippen MR) is 129 cm³/mol. The van der Waals surface area contributed by atoms with Gasteiger partial charge in [-0.25, -0.2) is 9.37 Å². The number of nitrogens with zero attached hydrogens (tertiary/aromatic N) is 5. The third-order valence-electron chi connectivity index (χ3n) is 4.65. The summed E-state index contributed by atoms with van der Waals surface area (Å²) >= 11 is 1.45. The highest BCUT2D eigenvalue weighted by Crippen LogP contribution is 2.19. The number of anilines is 1. The number of aromatic nitrogens is 2. The topological polar surface area (TPSA) is 85.8 Å². The molecule has 0 radical (unpaired) electrons. The molecule has 2 heterocycles. The van der Waals surface area contributed by atoms with Crippen molar-refractivity contribution in [3.63, 3.8) is 0 Å². The molecule has 1 aliphatic rings. The Morgan fingerprint density at radius 2 is 1.90 bits per heavy atom. The first kappa shape index (κ1) is 24.3. The number of aliphatic imine (C=N–C) groups is 1. The standard InChI is InChI=1S/C19H26FN7OS.HI/c1-3-16-24-19(29-25-16)27-12-10-26(11-13-27)18(21-2)23-9-8-22-17(28)14-6-4-5-7-15(14)20;/h4-7H,3,8-13H2,1-2H3,(H,21,23)(H,22,28);1H. The summed E-state index contributed by atoms with van der Waals surface area (Å²) < 4.78 is 18.0. The van der Waals surface area contributed by atoms with Gasteiger partial charge in [-0.05, 0) is 12.1 Å². The second-order valence-electron chi connectivity index (χ2n) is 6.53. The lowest BCUT2D eigenvalue weighted by molar-refractivity contribution is 0.0950. The van der Waals surface area contributed by atoms with Crippen LogP contribution < -0.4 is 15.5 Å². The SMILES string of the molecule is CCc1nsc(N2CCN(C(=NC)NCCNC(=O)c3ccccc3F)CC2)n1.I. The Balaban J connectivity index is 0.00000320. The van der Waals surface area contributed by atoms with Gasteiger partial charge in [0.2, 0.25) is 5.13 Å². The van der Waals surface area contributed by atoms with E-state index in [0.29, 0.717) is 13.1 Å². The van der Waals surface area contributed by atoms with Crippen LogP contribution in [0.3, 0.4) is 0 Å². The molecule has 30 heavy (non-hydrogen) atoms. The zero-order chi connectivity index (χ0) is 20.6.